The predicted octanol–water partition coefficient (Wildman–Crippen LogP) is 1.53. The molecule has 0 aliphatic rings. The highest BCUT2D eigenvalue weighted by atomic mass is 35.5. The van der Waals surface area contributed by atoms with Gasteiger partial charge in [-0.2, -0.15) is 0 Å². The maximum atomic E-state index is 2.21. The van der Waals surface area contributed by atoms with Gasteiger partial charge in [-0.1, -0.05) is 13.3 Å². The summed E-state index contributed by atoms with van der Waals surface area (Å²) in [5.41, 5.74) is 0. The van der Waals surface area contributed by atoms with Crippen molar-refractivity contribution in [1.29, 1.82) is 0 Å². The van der Waals surface area contributed by atoms with Gasteiger partial charge in [-0.05, 0) is 6.42 Å². The Morgan fingerprint density at radius 1 is 1.45 bits per heavy atom. The molecule has 0 fully saturated rings. The first-order chi connectivity index (χ1) is 4.83. The monoisotopic (exact) mass is 175 g/mol. The largest absolute Gasteiger partial charge is 0.243 e. The van der Waals surface area contributed by atoms with Crippen molar-refractivity contribution in [3.8, 4) is 0 Å². The van der Waals surface area contributed by atoms with Gasteiger partial charge in [-0.3, -0.25) is 0 Å². The summed E-state index contributed by atoms with van der Waals surface area (Å²) in [5, 5.41) is 0. The van der Waals surface area contributed by atoms with Crippen LogP contribution < -0.4 is 4.57 Å². The Kier molecular flexibility index (Phi) is 4.95. The van der Waals surface area contributed by atoms with Gasteiger partial charge in [0.2, 0.25) is 6.33 Å². The number of rotatable bonds is 3. The maximum Gasteiger partial charge on any atom is 0.243 e. The van der Waals surface area contributed by atoms with Gasteiger partial charge in [0.1, 0.15) is 12.4 Å². The first-order valence-corrected chi connectivity index (χ1v) is 3.84. The summed E-state index contributed by atoms with van der Waals surface area (Å²) in [6.45, 7) is 3.36. The fourth-order valence-electron chi connectivity index (χ4n) is 0.975. The molecule has 11 heavy (non-hydrogen) atoms. The van der Waals surface area contributed by atoms with Crippen molar-refractivity contribution in [2.24, 2.45) is 7.05 Å². The third-order valence-corrected chi connectivity index (χ3v) is 1.59. The minimum Gasteiger partial charge on any atom is -0.240 e. The van der Waals surface area contributed by atoms with Crippen LogP contribution in [-0.4, -0.2) is 4.57 Å². The molecule has 0 amide bonds. The van der Waals surface area contributed by atoms with Gasteiger partial charge in [-0.25, -0.2) is 9.13 Å². The van der Waals surface area contributed by atoms with Crippen molar-refractivity contribution in [2.45, 2.75) is 26.3 Å². The molecule has 0 spiro atoms. The van der Waals surface area contributed by atoms with Crippen LogP contribution in [0.1, 0.15) is 19.8 Å². The van der Waals surface area contributed by atoms with Crippen LogP contribution >= 0.6 is 12.4 Å². The van der Waals surface area contributed by atoms with Crippen LogP contribution in [0.2, 0.25) is 0 Å². The van der Waals surface area contributed by atoms with E-state index in [2.05, 4.69) is 34.8 Å². The van der Waals surface area contributed by atoms with E-state index in [0.717, 1.165) is 6.54 Å². The fourth-order valence-corrected chi connectivity index (χ4v) is 0.975. The van der Waals surface area contributed by atoms with Crippen LogP contribution in [0.3, 0.4) is 0 Å². The number of nitrogens with zero attached hydrogens (tertiary/aromatic N) is 2. The molecule has 64 valence electrons. The molecular formula is C8H16ClN2+. The Morgan fingerprint density at radius 3 is 2.64 bits per heavy atom. The Hall–Kier alpha value is -0.500. The molecule has 0 aliphatic carbocycles. The standard InChI is InChI=1S/C8H15N2.ClH/c1-3-4-5-10-7-6-9(2)8-10;/h6-8H,3-5H2,1-2H3;1H/q+1;. The average molecular weight is 176 g/mol. The minimum absolute atomic E-state index is 0. The van der Waals surface area contributed by atoms with Gasteiger partial charge >= 0.3 is 0 Å². The average Bonchev–Trinajstić information content (AvgIpc) is 2.31. The number of hydrogen-bond acceptors (Lipinski definition) is 0. The van der Waals surface area contributed by atoms with Gasteiger partial charge in [0.15, 0.2) is 0 Å². The van der Waals surface area contributed by atoms with Crippen molar-refractivity contribution < 1.29 is 4.57 Å². The number of imidazole rings is 1. The molecule has 1 rings (SSSR count). The molecule has 0 atom stereocenters. The van der Waals surface area contributed by atoms with Gasteiger partial charge in [0, 0.05) is 0 Å². The zero-order chi connectivity index (χ0) is 7.40. The van der Waals surface area contributed by atoms with Crippen molar-refractivity contribution in [3.05, 3.63) is 18.7 Å². The van der Waals surface area contributed by atoms with E-state index in [-0.39, 0.29) is 12.4 Å². The zero-order valence-corrected chi connectivity index (χ0v) is 7.97. The van der Waals surface area contributed by atoms with Crippen LogP contribution in [-0.2, 0) is 13.6 Å². The zero-order valence-electron chi connectivity index (χ0n) is 7.16. The lowest BCUT2D eigenvalue weighted by Crippen LogP contribution is -2.23. The van der Waals surface area contributed by atoms with Gasteiger partial charge < -0.3 is 0 Å². The van der Waals surface area contributed by atoms with E-state index in [4.69, 9.17) is 0 Å². The normalized spacial score (nSPS) is 9.27. The lowest BCUT2D eigenvalue weighted by molar-refractivity contribution is -0.671. The summed E-state index contributed by atoms with van der Waals surface area (Å²) in [7, 11) is 2.04. The minimum atomic E-state index is 0. The Morgan fingerprint density at radius 2 is 2.18 bits per heavy atom. The highest BCUT2D eigenvalue weighted by molar-refractivity contribution is 5.85. The molecule has 0 radical (unpaired) electrons. The van der Waals surface area contributed by atoms with E-state index in [1.165, 1.54) is 12.8 Å². The van der Waals surface area contributed by atoms with Crippen LogP contribution in [0.4, 0.5) is 0 Å². The molecule has 0 N–H and O–H groups in total. The van der Waals surface area contributed by atoms with E-state index in [1.807, 2.05) is 7.05 Å². The third kappa shape index (κ3) is 3.42. The fraction of sp³-hybridized carbons (Fsp3) is 0.625. The molecule has 2 nitrogen and oxygen atoms in total. The lowest BCUT2D eigenvalue weighted by Gasteiger charge is -1.90. The number of hydrogen-bond donors (Lipinski definition) is 0. The Labute approximate surface area is 74.3 Å². The van der Waals surface area contributed by atoms with Crippen molar-refractivity contribution in [1.82, 2.24) is 4.57 Å². The molecule has 0 aliphatic heterocycles. The molecule has 1 heterocycles. The summed E-state index contributed by atoms with van der Waals surface area (Å²) in [6, 6.07) is 0. The second-order valence-corrected chi connectivity index (χ2v) is 2.67. The molecule has 1 aromatic heterocycles. The quantitative estimate of drug-likeness (QED) is 0.617. The predicted molar refractivity (Wildman–Crippen MR) is 47.8 cm³/mol. The van der Waals surface area contributed by atoms with E-state index in [1.54, 1.807) is 0 Å². The third-order valence-electron chi connectivity index (χ3n) is 1.59. The number of aryl methyl sites for hydroxylation is 2. The van der Waals surface area contributed by atoms with Gasteiger partial charge in [-0.15, -0.1) is 12.4 Å². The molecule has 3 heteroatoms. The molecule has 1 aromatic rings. The van der Waals surface area contributed by atoms with Crippen LogP contribution in [0.15, 0.2) is 18.7 Å². The lowest BCUT2D eigenvalue weighted by atomic mass is 10.3. The van der Waals surface area contributed by atoms with Crippen LogP contribution in [0.25, 0.3) is 0 Å². The smallest absolute Gasteiger partial charge is 0.240 e. The molecule has 0 saturated heterocycles. The highest BCUT2D eigenvalue weighted by Crippen LogP contribution is 1.91. The summed E-state index contributed by atoms with van der Waals surface area (Å²) in [4.78, 5) is 0. The topological polar surface area (TPSA) is 8.81 Å². The van der Waals surface area contributed by atoms with E-state index in [0.29, 0.717) is 0 Å². The summed E-state index contributed by atoms with van der Waals surface area (Å²) >= 11 is 0. The van der Waals surface area contributed by atoms with Crippen LogP contribution in [0, 0.1) is 0 Å². The number of unbranched alkanes of at least 4 members (excludes halogenated alkanes) is 1. The Bertz CT molecular complexity index is 196. The molecular weight excluding hydrogens is 160 g/mol. The second-order valence-electron chi connectivity index (χ2n) is 2.67. The Balaban J connectivity index is 0.000001000. The first-order valence-electron chi connectivity index (χ1n) is 3.84. The molecule has 0 aromatic carbocycles. The highest BCUT2D eigenvalue weighted by Gasteiger charge is 1.96. The van der Waals surface area contributed by atoms with Crippen molar-refractivity contribution in [3.63, 3.8) is 0 Å². The van der Waals surface area contributed by atoms with E-state index in [9.17, 15) is 0 Å². The molecule has 0 saturated carbocycles. The summed E-state index contributed by atoms with van der Waals surface area (Å²) in [6.07, 6.45) is 8.82. The molecule has 0 bridgehead atoms. The molecule has 0 unspecified atom stereocenters. The first kappa shape index (κ1) is 10.5. The van der Waals surface area contributed by atoms with E-state index >= 15 is 0 Å². The van der Waals surface area contributed by atoms with Crippen molar-refractivity contribution in [2.75, 3.05) is 0 Å². The van der Waals surface area contributed by atoms with Crippen molar-refractivity contribution >= 4 is 12.4 Å². The SMILES string of the molecule is CCCCn1cc[n+](C)c1.Cl. The summed E-state index contributed by atoms with van der Waals surface area (Å²) in [5.74, 6) is 0. The van der Waals surface area contributed by atoms with E-state index < -0.39 is 0 Å². The van der Waals surface area contributed by atoms with Gasteiger partial charge in [0.25, 0.3) is 0 Å². The van der Waals surface area contributed by atoms with Gasteiger partial charge in [0.05, 0.1) is 13.6 Å². The second kappa shape index (κ2) is 5.19. The number of halogens is 1. The summed E-state index contributed by atoms with van der Waals surface area (Å²) < 4.78 is 4.28. The number of aromatic nitrogens is 2. The maximum absolute atomic E-state index is 2.21. The van der Waals surface area contributed by atoms with Crippen LogP contribution in [0.5, 0.6) is 0 Å².